The van der Waals surface area contributed by atoms with Crippen LogP contribution in [0.1, 0.15) is 19.4 Å². The first-order valence-corrected chi connectivity index (χ1v) is 5.14. The second-order valence-electron chi connectivity index (χ2n) is 4.07. The number of anilines is 1. The maximum Gasteiger partial charge on any atom is 0.241 e. The number of benzene rings is 1. The van der Waals surface area contributed by atoms with Crippen molar-refractivity contribution in [3.05, 3.63) is 29.8 Å². The Hall–Kier alpha value is -1.06. The van der Waals surface area contributed by atoms with Crippen LogP contribution in [0.4, 0.5) is 5.69 Å². The SMILES string of the molecule is Cc1ccccc1NC(=O)[C@H](N)C(C)C.Cl. The van der Waals surface area contributed by atoms with Gasteiger partial charge in [0.1, 0.15) is 0 Å². The lowest BCUT2D eigenvalue weighted by Crippen LogP contribution is -2.39. The van der Waals surface area contributed by atoms with Gasteiger partial charge in [-0.25, -0.2) is 0 Å². The van der Waals surface area contributed by atoms with E-state index in [4.69, 9.17) is 5.73 Å². The molecule has 0 radical (unpaired) electrons. The Morgan fingerprint density at radius 2 is 1.88 bits per heavy atom. The Kier molecular flexibility index (Phi) is 6.08. The van der Waals surface area contributed by atoms with E-state index in [0.717, 1.165) is 11.3 Å². The molecule has 3 nitrogen and oxygen atoms in total. The maximum absolute atomic E-state index is 11.7. The average molecular weight is 243 g/mol. The monoisotopic (exact) mass is 242 g/mol. The Bertz CT molecular complexity index is 353. The van der Waals surface area contributed by atoms with E-state index in [2.05, 4.69) is 5.32 Å². The molecule has 0 bridgehead atoms. The lowest BCUT2D eigenvalue weighted by Gasteiger charge is -2.16. The highest BCUT2D eigenvalue weighted by molar-refractivity contribution is 5.95. The van der Waals surface area contributed by atoms with Crippen molar-refractivity contribution in [2.24, 2.45) is 11.7 Å². The second kappa shape index (κ2) is 6.51. The highest BCUT2D eigenvalue weighted by Crippen LogP contribution is 2.13. The highest BCUT2D eigenvalue weighted by atomic mass is 35.5. The number of hydrogen-bond donors (Lipinski definition) is 2. The van der Waals surface area contributed by atoms with Gasteiger partial charge in [-0.3, -0.25) is 4.79 Å². The molecule has 0 saturated heterocycles. The van der Waals surface area contributed by atoms with Crippen molar-refractivity contribution in [1.82, 2.24) is 0 Å². The summed E-state index contributed by atoms with van der Waals surface area (Å²) in [6.45, 7) is 5.82. The van der Waals surface area contributed by atoms with Crippen molar-refractivity contribution in [3.8, 4) is 0 Å². The van der Waals surface area contributed by atoms with Gasteiger partial charge in [0.05, 0.1) is 6.04 Å². The van der Waals surface area contributed by atoms with Crippen LogP contribution in [0.5, 0.6) is 0 Å². The van der Waals surface area contributed by atoms with Crippen LogP contribution in [0.15, 0.2) is 24.3 Å². The largest absolute Gasteiger partial charge is 0.324 e. The van der Waals surface area contributed by atoms with E-state index in [1.807, 2.05) is 45.0 Å². The van der Waals surface area contributed by atoms with Gasteiger partial charge in [0.2, 0.25) is 5.91 Å². The summed E-state index contributed by atoms with van der Waals surface area (Å²) in [5.41, 5.74) is 7.62. The summed E-state index contributed by atoms with van der Waals surface area (Å²) in [6.07, 6.45) is 0. The zero-order valence-electron chi connectivity index (χ0n) is 9.86. The van der Waals surface area contributed by atoms with E-state index in [-0.39, 0.29) is 24.2 Å². The van der Waals surface area contributed by atoms with E-state index in [1.165, 1.54) is 0 Å². The molecular formula is C12H19ClN2O. The number of carbonyl (C=O) groups is 1. The molecule has 0 heterocycles. The third kappa shape index (κ3) is 3.83. The predicted molar refractivity (Wildman–Crippen MR) is 69.9 cm³/mol. The van der Waals surface area contributed by atoms with Gasteiger partial charge in [0.15, 0.2) is 0 Å². The van der Waals surface area contributed by atoms with Crippen LogP contribution in [-0.2, 0) is 4.79 Å². The molecule has 0 unspecified atom stereocenters. The van der Waals surface area contributed by atoms with Crippen molar-refractivity contribution >= 4 is 24.0 Å². The first-order chi connectivity index (χ1) is 7.02. The average Bonchev–Trinajstić information content (AvgIpc) is 2.20. The fourth-order valence-corrected chi connectivity index (χ4v) is 1.23. The van der Waals surface area contributed by atoms with Gasteiger partial charge in [-0.1, -0.05) is 32.0 Å². The van der Waals surface area contributed by atoms with Crippen LogP contribution in [-0.4, -0.2) is 11.9 Å². The molecule has 0 saturated carbocycles. The normalized spacial score (nSPS) is 11.8. The minimum absolute atomic E-state index is 0. The molecule has 0 fully saturated rings. The van der Waals surface area contributed by atoms with Crippen molar-refractivity contribution in [1.29, 1.82) is 0 Å². The maximum atomic E-state index is 11.7. The first kappa shape index (κ1) is 14.9. The zero-order valence-corrected chi connectivity index (χ0v) is 10.7. The third-order valence-corrected chi connectivity index (χ3v) is 2.42. The highest BCUT2D eigenvalue weighted by Gasteiger charge is 2.17. The molecule has 1 aromatic rings. The van der Waals surface area contributed by atoms with E-state index in [0.29, 0.717) is 0 Å². The van der Waals surface area contributed by atoms with Gasteiger partial charge < -0.3 is 11.1 Å². The number of amides is 1. The van der Waals surface area contributed by atoms with Gasteiger partial charge in [-0.05, 0) is 24.5 Å². The van der Waals surface area contributed by atoms with Crippen LogP contribution >= 0.6 is 12.4 Å². The summed E-state index contributed by atoms with van der Waals surface area (Å²) in [5.74, 6) is 0.0216. The third-order valence-electron chi connectivity index (χ3n) is 2.42. The minimum atomic E-state index is -0.454. The fraction of sp³-hybridized carbons (Fsp3) is 0.417. The van der Waals surface area contributed by atoms with Crippen LogP contribution in [0, 0.1) is 12.8 Å². The number of nitrogens with two attached hydrogens (primary N) is 1. The molecular weight excluding hydrogens is 224 g/mol. The second-order valence-corrected chi connectivity index (χ2v) is 4.07. The molecule has 0 aliphatic heterocycles. The molecule has 4 heteroatoms. The van der Waals surface area contributed by atoms with Gasteiger partial charge in [-0.2, -0.15) is 0 Å². The summed E-state index contributed by atoms with van der Waals surface area (Å²) in [6, 6.07) is 7.21. The van der Waals surface area contributed by atoms with Gasteiger partial charge >= 0.3 is 0 Å². The number of carbonyl (C=O) groups excluding carboxylic acids is 1. The topological polar surface area (TPSA) is 55.1 Å². The summed E-state index contributed by atoms with van der Waals surface area (Å²) < 4.78 is 0. The standard InChI is InChI=1S/C12H18N2O.ClH/c1-8(2)11(13)12(15)14-10-7-5-4-6-9(10)3;/h4-8,11H,13H2,1-3H3,(H,14,15);1H/t11-;/m1./s1. The Labute approximate surface area is 103 Å². The molecule has 0 aliphatic rings. The lowest BCUT2D eigenvalue weighted by atomic mass is 10.0. The number of hydrogen-bond acceptors (Lipinski definition) is 2. The molecule has 0 aromatic heterocycles. The van der Waals surface area contributed by atoms with Crippen LogP contribution in [0.2, 0.25) is 0 Å². The van der Waals surface area contributed by atoms with Crippen molar-refractivity contribution in [3.63, 3.8) is 0 Å². The summed E-state index contributed by atoms with van der Waals surface area (Å²) in [4.78, 5) is 11.7. The smallest absolute Gasteiger partial charge is 0.241 e. The number of halogens is 1. The number of aryl methyl sites for hydroxylation is 1. The number of nitrogens with one attached hydrogen (secondary N) is 1. The van der Waals surface area contributed by atoms with Gasteiger partial charge in [0, 0.05) is 5.69 Å². The van der Waals surface area contributed by atoms with E-state index >= 15 is 0 Å². The Balaban J connectivity index is 0.00000225. The van der Waals surface area contributed by atoms with Crippen molar-refractivity contribution in [2.45, 2.75) is 26.8 Å². The predicted octanol–water partition coefficient (Wildman–Crippen LogP) is 2.34. The quantitative estimate of drug-likeness (QED) is 0.855. The van der Waals surface area contributed by atoms with Crippen LogP contribution in [0.25, 0.3) is 0 Å². The minimum Gasteiger partial charge on any atom is -0.324 e. The molecule has 1 rings (SSSR count). The zero-order chi connectivity index (χ0) is 11.4. The summed E-state index contributed by atoms with van der Waals surface area (Å²) >= 11 is 0. The molecule has 0 spiro atoms. The first-order valence-electron chi connectivity index (χ1n) is 5.14. The summed E-state index contributed by atoms with van der Waals surface area (Å²) in [5, 5.41) is 2.83. The molecule has 0 aliphatic carbocycles. The molecule has 1 amide bonds. The number of rotatable bonds is 3. The fourth-order valence-electron chi connectivity index (χ4n) is 1.23. The van der Waals surface area contributed by atoms with E-state index in [1.54, 1.807) is 0 Å². The Morgan fingerprint density at radius 3 is 2.38 bits per heavy atom. The molecule has 1 atom stereocenters. The van der Waals surface area contributed by atoms with E-state index < -0.39 is 6.04 Å². The summed E-state index contributed by atoms with van der Waals surface area (Å²) in [7, 11) is 0. The van der Waals surface area contributed by atoms with Crippen molar-refractivity contribution in [2.75, 3.05) is 5.32 Å². The Morgan fingerprint density at radius 1 is 1.31 bits per heavy atom. The lowest BCUT2D eigenvalue weighted by molar-refractivity contribution is -0.118. The van der Waals surface area contributed by atoms with Crippen LogP contribution < -0.4 is 11.1 Å². The molecule has 16 heavy (non-hydrogen) atoms. The van der Waals surface area contributed by atoms with Crippen molar-refractivity contribution < 1.29 is 4.79 Å². The van der Waals surface area contributed by atoms with Gasteiger partial charge in [0.25, 0.3) is 0 Å². The number of para-hydroxylation sites is 1. The molecule has 3 N–H and O–H groups in total. The molecule has 1 aromatic carbocycles. The molecule has 90 valence electrons. The van der Waals surface area contributed by atoms with Gasteiger partial charge in [-0.15, -0.1) is 12.4 Å². The van der Waals surface area contributed by atoms with E-state index in [9.17, 15) is 4.79 Å². The van der Waals surface area contributed by atoms with Crippen LogP contribution in [0.3, 0.4) is 0 Å².